The van der Waals surface area contributed by atoms with Crippen LogP contribution < -0.4 is 5.32 Å². The zero-order valence-corrected chi connectivity index (χ0v) is 10.8. The van der Waals surface area contributed by atoms with Gasteiger partial charge in [0.15, 0.2) is 0 Å². The van der Waals surface area contributed by atoms with E-state index in [1.807, 2.05) is 12.5 Å². The fraction of sp³-hybridized carbons (Fsp3) is 0.400. The minimum Gasteiger partial charge on any atom is -0.382 e. The molecule has 3 nitrogen and oxygen atoms in total. The molecule has 18 heavy (non-hydrogen) atoms. The van der Waals surface area contributed by atoms with Crippen molar-refractivity contribution in [1.82, 2.24) is 9.55 Å². The lowest BCUT2D eigenvalue weighted by Gasteiger charge is -2.27. The summed E-state index contributed by atoms with van der Waals surface area (Å²) in [6, 6.07) is 9.23. The maximum absolute atomic E-state index is 4.16. The summed E-state index contributed by atoms with van der Waals surface area (Å²) < 4.78 is 2.11. The van der Waals surface area contributed by atoms with Crippen LogP contribution in [0.1, 0.15) is 24.1 Å². The Balaban J connectivity index is 1.61. The number of imidazole rings is 1. The third kappa shape index (κ3) is 2.26. The van der Waals surface area contributed by atoms with Crippen molar-refractivity contribution in [1.29, 1.82) is 0 Å². The molecular weight excluding hydrogens is 222 g/mol. The third-order valence-corrected chi connectivity index (χ3v) is 3.80. The summed E-state index contributed by atoms with van der Waals surface area (Å²) in [5.74, 6) is 0. The lowest BCUT2D eigenvalue weighted by atomic mass is 9.95. The van der Waals surface area contributed by atoms with Crippen molar-refractivity contribution in [3.05, 3.63) is 48.0 Å². The SMILES string of the molecule is Cn1cncc1CCC1CCc2ccccc2N1. The average Bonchev–Trinajstić information content (AvgIpc) is 2.82. The largest absolute Gasteiger partial charge is 0.382 e. The number of hydrogen-bond donors (Lipinski definition) is 1. The number of para-hydroxylation sites is 1. The lowest BCUT2D eigenvalue weighted by Crippen LogP contribution is -2.26. The third-order valence-electron chi connectivity index (χ3n) is 3.80. The Labute approximate surface area is 108 Å². The van der Waals surface area contributed by atoms with Gasteiger partial charge in [0.1, 0.15) is 0 Å². The van der Waals surface area contributed by atoms with Gasteiger partial charge in [-0.3, -0.25) is 0 Å². The molecule has 0 saturated carbocycles. The standard InChI is InChI=1S/C15H19N3/c1-18-11-16-10-14(18)9-8-13-7-6-12-4-2-3-5-15(12)17-13/h2-5,10-11,13,17H,6-9H2,1H3. The van der Waals surface area contributed by atoms with E-state index in [4.69, 9.17) is 0 Å². The maximum atomic E-state index is 4.16. The number of benzene rings is 1. The summed E-state index contributed by atoms with van der Waals surface area (Å²) in [7, 11) is 2.06. The van der Waals surface area contributed by atoms with Gasteiger partial charge >= 0.3 is 0 Å². The molecule has 3 rings (SSSR count). The summed E-state index contributed by atoms with van der Waals surface area (Å²) in [5.41, 5.74) is 4.09. The summed E-state index contributed by atoms with van der Waals surface area (Å²) in [5, 5.41) is 3.65. The molecule has 2 heterocycles. The van der Waals surface area contributed by atoms with Gasteiger partial charge in [-0.2, -0.15) is 0 Å². The molecule has 0 spiro atoms. The van der Waals surface area contributed by atoms with Crippen molar-refractivity contribution in [2.24, 2.45) is 7.05 Å². The van der Waals surface area contributed by atoms with Gasteiger partial charge in [0, 0.05) is 30.7 Å². The van der Waals surface area contributed by atoms with E-state index in [0.29, 0.717) is 6.04 Å². The van der Waals surface area contributed by atoms with Crippen LogP contribution in [0.5, 0.6) is 0 Å². The Morgan fingerprint density at radius 1 is 1.39 bits per heavy atom. The van der Waals surface area contributed by atoms with E-state index in [9.17, 15) is 0 Å². The van der Waals surface area contributed by atoms with Crippen LogP contribution >= 0.6 is 0 Å². The van der Waals surface area contributed by atoms with E-state index in [2.05, 4.69) is 46.2 Å². The molecule has 0 saturated heterocycles. The first-order valence-electron chi connectivity index (χ1n) is 6.62. The molecule has 0 fully saturated rings. The molecule has 1 aromatic heterocycles. The van der Waals surface area contributed by atoms with Crippen molar-refractivity contribution >= 4 is 5.69 Å². The van der Waals surface area contributed by atoms with Gasteiger partial charge in [0.05, 0.1) is 6.33 Å². The van der Waals surface area contributed by atoms with Crippen molar-refractivity contribution in [3.8, 4) is 0 Å². The van der Waals surface area contributed by atoms with E-state index in [1.54, 1.807) is 0 Å². The summed E-state index contributed by atoms with van der Waals surface area (Å²) in [6.45, 7) is 0. The summed E-state index contributed by atoms with van der Waals surface area (Å²) in [6.07, 6.45) is 8.54. The van der Waals surface area contributed by atoms with Crippen LogP contribution in [0.4, 0.5) is 5.69 Å². The molecule has 2 aromatic rings. The lowest BCUT2D eigenvalue weighted by molar-refractivity contribution is 0.576. The van der Waals surface area contributed by atoms with Gasteiger partial charge in [0.25, 0.3) is 0 Å². The number of fused-ring (bicyclic) bond motifs is 1. The molecule has 1 aliphatic rings. The fourth-order valence-corrected chi connectivity index (χ4v) is 2.67. The van der Waals surface area contributed by atoms with Gasteiger partial charge in [-0.1, -0.05) is 18.2 Å². The van der Waals surface area contributed by atoms with Crippen LogP contribution in [0.25, 0.3) is 0 Å². The molecule has 1 N–H and O–H groups in total. The van der Waals surface area contributed by atoms with Gasteiger partial charge < -0.3 is 9.88 Å². The van der Waals surface area contributed by atoms with Gasteiger partial charge in [-0.15, -0.1) is 0 Å². The predicted molar refractivity (Wildman–Crippen MR) is 73.7 cm³/mol. The Morgan fingerprint density at radius 2 is 2.28 bits per heavy atom. The van der Waals surface area contributed by atoms with Crippen LogP contribution in [0.2, 0.25) is 0 Å². The maximum Gasteiger partial charge on any atom is 0.0945 e. The first-order valence-corrected chi connectivity index (χ1v) is 6.62. The van der Waals surface area contributed by atoms with Crippen molar-refractivity contribution in [2.75, 3.05) is 5.32 Å². The van der Waals surface area contributed by atoms with Crippen LogP contribution in [0.15, 0.2) is 36.8 Å². The number of hydrogen-bond acceptors (Lipinski definition) is 2. The Bertz CT molecular complexity index is 530. The average molecular weight is 241 g/mol. The van der Waals surface area contributed by atoms with Crippen molar-refractivity contribution in [3.63, 3.8) is 0 Å². The highest BCUT2D eigenvalue weighted by molar-refractivity contribution is 5.53. The van der Waals surface area contributed by atoms with Gasteiger partial charge in [-0.25, -0.2) is 4.98 Å². The van der Waals surface area contributed by atoms with Crippen LogP contribution in [0, 0.1) is 0 Å². The van der Waals surface area contributed by atoms with Crippen molar-refractivity contribution in [2.45, 2.75) is 31.7 Å². The minimum absolute atomic E-state index is 0.592. The second kappa shape index (κ2) is 4.84. The summed E-state index contributed by atoms with van der Waals surface area (Å²) in [4.78, 5) is 4.16. The Kier molecular flexibility index (Phi) is 3.05. The fourth-order valence-electron chi connectivity index (χ4n) is 2.67. The number of anilines is 1. The van der Waals surface area contributed by atoms with Gasteiger partial charge in [0.2, 0.25) is 0 Å². The highest BCUT2D eigenvalue weighted by atomic mass is 15.0. The first-order chi connectivity index (χ1) is 8.83. The highest BCUT2D eigenvalue weighted by Crippen LogP contribution is 2.26. The number of nitrogens with one attached hydrogen (secondary N) is 1. The quantitative estimate of drug-likeness (QED) is 0.895. The number of nitrogens with zero attached hydrogens (tertiary/aromatic N) is 2. The predicted octanol–water partition coefficient (Wildman–Crippen LogP) is 2.78. The topological polar surface area (TPSA) is 29.9 Å². The number of aryl methyl sites for hydroxylation is 3. The van der Waals surface area contributed by atoms with Crippen LogP contribution in [-0.4, -0.2) is 15.6 Å². The molecule has 1 atom stereocenters. The molecule has 3 heteroatoms. The van der Waals surface area contributed by atoms with E-state index in [0.717, 1.165) is 6.42 Å². The van der Waals surface area contributed by atoms with Crippen LogP contribution in [0.3, 0.4) is 0 Å². The molecule has 1 aromatic carbocycles. The zero-order chi connectivity index (χ0) is 12.4. The van der Waals surface area contributed by atoms with Gasteiger partial charge in [-0.05, 0) is 37.3 Å². The molecule has 0 radical (unpaired) electrons. The zero-order valence-electron chi connectivity index (χ0n) is 10.8. The van der Waals surface area contributed by atoms with Crippen molar-refractivity contribution < 1.29 is 0 Å². The molecular formula is C15H19N3. The minimum atomic E-state index is 0.592. The summed E-state index contributed by atoms with van der Waals surface area (Å²) >= 11 is 0. The highest BCUT2D eigenvalue weighted by Gasteiger charge is 2.17. The first kappa shape index (κ1) is 11.3. The Hall–Kier alpha value is -1.77. The Morgan fingerprint density at radius 3 is 3.11 bits per heavy atom. The van der Waals surface area contributed by atoms with E-state index >= 15 is 0 Å². The van der Waals surface area contributed by atoms with E-state index in [1.165, 1.54) is 36.2 Å². The van der Waals surface area contributed by atoms with E-state index < -0.39 is 0 Å². The molecule has 0 bridgehead atoms. The number of rotatable bonds is 3. The molecule has 0 aliphatic carbocycles. The molecule has 0 amide bonds. The number of aromatic nitrogens is 2. The van der Waals surface area contributed by atoms with Crippen LogP contribution in [-0.2, 0) is 19.9 Å². The molecule has 1 aliphatic heterocycles. The monoisotopic (exact) mass is 241 g/mol. The second-order valence-electron chi connectivity index (χ2n) is 5.07. The second-order valence-corrected chi connectivity index (χ2v) is 5.07. The normalized spacial score (nSPS) is 18.2. The van der Waals surface area contributed by atoms with E-state index in [-0.39, 0.29) is 0 Å². The molecule has 94 valence electrons. The smallest absolute Gasteiger partial charge is 0.0945 e. The molecule has 1 unspecified atom stereocenters.